The topological polar surface area (TPSA) is 29.5 Å². The first-order chi connectivity index (χ1) is 6.43. The van der Waals surface area contributed by atoms with Crippen LogP contribution in [0.3, 0.4) is 0 Å². The molecule has 1 aliphatic heterocycles. The van der Waals surface area contributed by atoms with Gasteiger partial charge in [-0.2, -0.15) is 0 Å². The van der Waals surface area contributed by atoms with Crippen LogP contribution in [-0.4, -0.2) is 20.5 Å². The van der Waals surface area contributed by atoms with E-state index in [0.29, 0.717) is 15.5 Å². The summed E-state index contributed by atoms with van der Waals surface area (Å²) in [7, 11) is -3.25. The second kappa shape index (κ2) is 3.10. The molecule has 0 aromatic heterocycles. The Morgan fingerprint density at radius 1 is 1.50 bits per heavy atom. The van der Waals surface area contributed by atoms with Crippen molar-refractivity contribution in [1.29, 1.82) is 0 Å². The predicted octanol–water partition coefficient (Wildman–Crippen LogP) is 0.244. The minimum absolute atomic E-state index is 0.307. The Morgan fingerprint density at radius 2 is 2.14 bits per heavy atom. The second-order valence-corrected chi connectivity index (χ2v) is 8.08. The minimum atomic E-state index is -2.27. The van der Waals surface area contributed by atoms with E-state index in [9.17, 15) is 9.41 Å². The van der Waals surface area contributed by atoms with Gasteiger partial charge in [-0.3, -0.25) is 0 Å². The standard InChI is InChI=1S/C8H10BFO2SSi/c1-14(2)8-5(9(11)12-14)3-4-6(13)7(8)10/h3-4,11,13H,1-2H3. The normalized spacial score (nSPS) is 18.5. The largest absolute Gasteiger partial charge is 0.480 e. The number of rotatable bonds is 0. The molecule has 0 unspecified atom stereocenters. The maximum absolute atomic E-state index is 13.7. The number of hydrogen-bond donors (Lipinski definition) is 2. The van der Waals surface area contributed by atoms with Crippen molar-refractivity contribution in [3.05, 3.63) is 17.9 Å². The van der Waals surface area contributed by atoms with Gasteiger partial charge < -0.3 is 9.37 Å². The van der Waals surface area contributed by atoms with Crippen LogP contribution in [0.15, 0.2) is 17.0 Å². The zero-order chi connectivity index (χ0) is 10.5. The first kappa shape index (κ1) is 10.2. The average Bonchev–Trinajstić information content (AvgIpc) is 2.29. The van der Waals surface area contributed by atoms with Gasteiger partial charge in [0.15, 0.2) is 0 Å². The zero-order valence-electron chi connectivity index (χ0n) is 7.91. The van der Waals surface area contributed by atoms with Crippen LogP contribution >= 0.6 is 12.6 Å². The van der Waals surface area contributed by atoms with Crippen LogP contribution in [0.2, 0.25) is 13.1 Å². The van der Waals surface area contributed by atoms with Crippen molar-refractivity contribution in [1.82, 2.24) is 0 Å². The maximum atomic E-state index is 13.7. The van der Waals surface area contributed by atoms with Gasteiger partial charge >= 0.3 is 7.12 Å². The van der Waals surface area contributed by atoms with Gasteiger partial charge in [0.25, 0.3) is 0 Å². The van der Waals surface area contributed by atoms with Crippen LogP contribution in [0.4, 0.5) is 4.39 Å². The quantitative estimate of drug-likeness (QED) is 0.492. The highest BCUT2D eigenvalue weighted by Crippen LogP contribution is 2.18. The summed E-state index contributed by atoms with van der Waals surface area (Å²) in [4.78, 5) is 0.307. The highest BCUT2D eigenvalue weighted by Gasteiger charge is 2.44. The molecule has 0 fully saturated rings. The van der Waals surface area contributed by atoms with Gasteiger partial charge in [-0.05, 0) is 24.6 Å². The molecule has 2 nitrogen and oxygen atoms in total. The Hall–Kier alpha value is -0.298. The summed E-state index contributed by atoms with van der Waals surface area (Å²) in [6.07, 6.45) is 0. The van der Waals surface area contributed by atoms with Crippen LogP contribution in [0.1, 0.15) is 0 Å². The fraction of sp³-hybridized carbons (Fsp3) is 0.250. The van der Waals surface area contributed by atoms with E-state index in [-0.39, 0.29) is 5.82 Å². The molecule has 0 amide bonds. The van der Waals surface area contributed by atoms with Gasteiger partial charge in [-0.25, -0.2) is 4.39 Å². The number of hydrogen-bond acceptors (Lipinski definition) is 3. The third-order valence-electron chi connectivity index (χ3n) is 2.43. The van der Waals surface area contributed by atoms with Crippen molar-refractivity contribution < 1.29 is 13.8 Å². The fourth-order valence-corrected chi connectivity index (χ4v) is 4.46. The van der Waals surface area contributed by atoms with Crippen molar-refractivity contribution in [2.75, 3.05) is 0 Å². The zero-order valence-corrected chi connectivity index (χ0v) is 9.81. The molecule has 0 spiro atoms. The molecule has 0 radical (unpaired) electrons. The molecule has 0 bridgehead atoms. The average molecular weight is 228 g/mol. The van der Waals surface area contributed by atoms with Gasteiger partial charge in [-0.15, -0.1) is 12.6 Å². The van der Waals surface area contributed by atoms with E-state index < -0.39 is 15.4 Å². The Bertz CT molecular complexity index is 399. The van der Waals surface area contributed by atoms with E-state index in [1.54, 1.807) is 12.1 Å². The molecule has 1 N–H and O–H groups in total. The Kier molecular flexibility index (Phi) is 2.26. The van der Waals surface area contributed by atoms with Crippen LogP contribution in [0.25, 0.3) is 0 Å². The number of fused-ring (bicyclic) bond motifs is 1. The van der Waals surface area contributed by atoms with Crippen molar-refractivity contribution in [3.63, 3.8) is 0 Å². The van der Waals surface area contributed by atoms with Crippen LogP contribution in [-0.2, 0) is 4.34 Å². The molecule has 74 valence electrons. The van der Waals surface area contributed by atoms with Gasteiger partial charge in [-0.1, -0.05) is 6.07 Å². The van der Waals surface area contributed by atoms with Crippen molar-refractivity contribution in [3.8, 4) is 0 Å². The molecule has 0 aliphatic carbocycles. The van der Waals surface area contributed by atoms with Crippen molar-refractivity contribution in [2.24, 2.45) is 0 Å². The second-order valence-electron chi connectivity index (χ2n) is 3.84. The lowest BCUT2D eigenvalue weighted by Crippen LogP contribution is -2.45. The van der Waals surface area contributed by atoms with E-state index >= 15 is 0 Å². The monoisotopic (exact) mass is 228 g/mol. The molecule has 0 atom stereocenters. The van der Waals surface area contributed by atoms with Gasteiger partial charge in [0.05, 0.1) is 0 Å². The molecule has 1 aromatic carbocycles. The van der Waals surface area contributed by atoms with Crippen molar-refractivity contribution >= 4 is 38.7 Å². The van der Waals surface area contributed by atoms with Crippen LogP contribution < -0.4 is 10.6 Å². The molecular weight excluding hydrogens is 218 g/mol. The molecular formula is C8H10BFO2SSi. The summed E-state index contributed by atoms with van der Waals surface area (Å²) < 4.78 is 19.1. The Labute approximate surface area is 88.8 Å². The van der Waals surface area contributed by atoms with Crippen LogP contribution in [0.5, 0.6) is 0 Å². The SMILES string of the molecule is C[Si]1(C)OB(O)c2ccc(S)c(F)c21. The van der Waals surface area contributed by atoms with E-state index in [4.69, 9.17) is 4.34 Å². The number of thiol groups is 1. The van der Waals surface area contributed by atoms with E-state index in [2.05, 4.69) is 12.6 Å². The smallest absolute Gasteiger partial charge is 0.446 e. The molecule has 1 heterocycles. The predicted molar refractivity (Wildman–Crippen MR) is 59.5 cm³/mol. The van der Waals surface area contributed by atoms with Gasteiger partial charge in [0, 0.05) is 10.1 Å². The summed E-state index contributed by atoms with van der Waals surface area (Å²) in [5.41, 5.74) is 0.553. The highest BCUT2D eigenvalue weighted by atomic mass is 32.1. The lowest BCUT2D eigenvalue weighted by Gasteiger charge is -2.17. The Balaban J connectivity index is 2.70. The summed E-state index contributed by atoms with van der Waals surface area (Å²) in [6, 6.07) is 3.22. The molecule has 2 rings (SSSR count). The number of halogens is 1. The van der Waals surface area contributed by atoms with Gasteiger partial charge in [0.2, 0.25) is 8.32 Å². The minimum Gasteiger partial charge on any atom is -0.446 e. The molecule has 1 aromatic rings. The van der Waals surface area contributed by atoms with E-state index in [0.717, 1.165) is 0 Å². The molecule has 6 heteroatoms. The highest BCUT2D eigenvalue weighted by molar-refractivity contribution is 7.80. The third-order valence-corrected chi connectivity index (χ3v) is 5.30. The lowest BCUT2D eigenvalue weighted by atomic mass is 9.80. The lowest BCUT2D eigenvalue weighted by molar-refractivity contribution is 0.441. The van der Waals surface area contributed by atoms with Crippen LogP contribution in [0, 0.1) is 5.82 Å². The number of benzene rings is 1. The van der Waals surface area contributed by atoms with Crippen molar-refractivity contribution in [2.45, 2.75) is 18.0 Å². The summed E-state index contributed by atoms with van der Waals surface area (Å²) in [6.45, 7) is 3.72. The molecule has 1 aliphatic rings. The first-order valence-corrected chi connectivity index (χ1v) is 7.67. The fourth-order valence-electron chi connectivity index (χ4n) is 1.80. The third kappa shape index (κ3) is 1.33. The summed E-state index contributed by atoms with van der Waals surface area (Å²) >= 11 is 4.01. The molecule has 14 heavy (non-hydrogen) atoms. The molecule has 0 saturated carbocycles. The van der Waals surface area contributed by atoms with Gasteiger partial charge in [0.1, 0.15) is 5.82 Å². The van der Waals surface area contributed by atoms with E-state index in [1.165, 1.54) is 0 Å². The first-order valence-electron chi connectivity index (χ1n) is 4.31. The van der Waals surface area contributed by atoms with E-state index in [1.807, 2.05) is 13.1 Å². The molecule has 0 saturated heterocycles. The Morgan fingerprint density at radius 3 is 2.79 bits per heavy atom. The maximum Gasteiger partial charge on any atom is 0.480 e. The summed E-state index contributed by atoms with van der Waals surface area (Å²) in [5.74, 6) is -0.348. The summed E-state index contributed by atoms with van der Waals surface area (Å²) in [5, 5.41) is 10.1.